The highest BCUT2D eigenvalue weighted by Crippen LogP contribution is 2.67. The minimum Gasteiger partial charge on any atom is -0.390 e. The smallest absolute Gasteiger partial charge is 0.0657 e. The molecule has 0 radical (unpaired) electrons. The van der Waals surface area contributed by atoms with Gasteiger partial charge < -0.3 is 10.2 Å². The quantitative estimate of drug-likeness (QED) is 0.434. The van der Waals surface area contributed by atoms with E-state index in [1.165, 1.54) is 44.9 Å². The summed E-state index contributed by atoms with van der Waals surface area (Å²) >= 11 is 0. The molecule has 0 aromatic carbocycles. The van der Waals surface area contributed by atoms with Gasteiger partial charge in [0.25, 0.3) is 0 Å². The number of rotatable bonds is 6. The topological polar surface area (TPSA) is 40.5 Å². The fraction of sp³-hybridized carbons (Fsp3) is 0.931. The van der Waals surface area contributed by atoms with Crippen LogP contribution in [-0.4, -0.2) is 21.4 Å². The lowest BCUT2D eigenvalue weighted by molar-refractivity contribution is -0.0707. The second kappa shape index (κ2) is 8.15. The molecule has 4 aliphatic rings. The van der Waals surface area contributed by atoms with E-state index in [-0.39, 0.29) is 0 Å². The Kier molecular flexibility index (Phi) is 6.26. The van der Waals surface area contributed by atoms with Crippen molar-refractivity contribution in [3.63, 3.8) is 0 Å². The van der Waals surface area contributed by atoms with Crippen LogP contribution in [0.2, 0.25) is 0 Å². The van der Waals surface area contributed by atoms with E-state index in [1.807, 2.05) is 13.8 Å². The zero-order valence-corrected chi connectivity index (χ0v) is 21.3. The van der Waals surface area contributed by atoms with Crippen LogP contribution in [0.1, 0.15) is 119 Å². The molecule has 4 aliphatic carbocycles. The molecule has 2 N–H and O–H groups in total. The Labute approximate surface area is 192 Å². The molecule has 0 unspecified atom stereocenters. The molecule has 0 saturated heterocycles. The first kappa shape index (κ1) is 23.8. The normalized spacial score (nSPS) is 47.5. The number of allylic oxidation sites excluding steroid dienone is 1. The molecule has 2 heteroatoms. The van der Waals surface area contributed by atoms with Crippen LogP contribution < -0.4 is 0 Å². The average molecular weight is 431 g/mol. The van der Waals surface area contributed by atoms with Crippen LogP contribution in [0.25, 0.3) is 0 Å². The first-order valence-electron chi connectivity index (χ1n) is 13.6. The van der Waals surface area contributed by atoms with Crippen LogP contribution >= 0.6 is 0 Å². The van der Waals surface area contributed by atoms with E-state index >= 15 is 0 Å². The first-order chi connectivity index (χ1) is 14.4. The lowest BCUT2D eigenvalue weighted by Gasteiger charge is -2.59. The van der Waals surface area contributed by atoms with Gasteiger partial charge in [0.05, 0.1) is 11.2 Å². The molecular weight excluding hydrogens is 380 g/mol. The summed E-state index contributed by atoms with van der Waals surface area (Å²) in [5.41, 5.74) is 1.46. The van der Waals surface area contributed by atoms with Gasteiger partial charge >= 0.3 is 0 Å². The number of fused-ring (bicyclic) bond motifs is 5. The number of aliphatic hydroxyl groups is 2. The number of hydrogen-bond acceptors (Lipinski definition) is 2. The van der Waals surface area contributed by atoms with Crippen LogP contribution in [0, 0.1) is 40.4 Å². The molecule has 0 heterocycles. The van der Waals surface area contributed by atoms with Gasteiger partial charge in [-0.3, -0.25) is 0 Å². The Morgan fingerprint density at radius 1 is 1.10 bits per heavy atom. The van der Waals surface area contributed by atoms with Gasteiger partial charge in [-0.2, -0.15) is 0 Å². The molecule has 9 atom stereocenters. The molecule has 0 spiro atoms. The van der Waals surface area contributed by atoms with Crippen molar-refractivity contribution in [1.82, 2.24) is 0 Å². The van der Waals surface area contributed by atoms with Crippen LogP contribution in [0.4, 0.5) is 0 Å². The molecule has 0 aromatic heterocycles. The second-order valence-electron chi connectivity index (χ2n) is 13.4. The van der Waals surface area contributed by atoms with Crippen LogP contribution in [0.3, 0.4) is 0 Å². The van der Waals surface area contributed by atoms with E-state index in [2.05, 4.69) is 33.8 Å². The summed E-state index contributed by atoms with van der Waals surface area (Å²) in [5.74, 6) is 4.20. The van der Waals surface area contributed by atoms with E-state index in [9.17, 15) is 10.2 Å². The Hall–Kier alpha value is -0.340. The molecule has 0 bridgehead atoms. The van der Waals surface area contributed by atoms with E-state index < -0.39 is 11.2 Å². The van der Waals surface area contributed by atoms with Crippen LogP contribution in [0.5, 0.6) is 0 Å². The van der Waals surface area contributed by atoms with Crippen molar-refractivity contribution >= 4 is 0 Å². The maximum atomic E-state index is 10.7. The fourth-order valence-electron chi connectivity index (χ4n) is 8.96. The summed E-state index contributed by atoms with van der Waals surface area (Å²) in [5, 5.41) is 21.1. The fourth-order valence-corrected chi connectivity index (χ4v) is 8.96. The van der Waals surface area contributed by atoms with Crippen molar-refractivity contribution < 1.29 is 10.2 Å². The zero-order chi connectivity index (χ0) is 22.7. The predicted octanol–water partition coefficient (Wildman–Crippen LogP) is 7.28. The van der Waals surface area contributed by atoms with Crippen molar-refractivity contribution in [2.75, 3.05) is 0 Å². The monoisotopic (exact) mass is 430 g/mol. The third-order valence-electron chi connectivity index (χ3n) is 11.3. The maximum absolute atomic E-state index is 10.7. The SMILES string of the molecule is CC[C@](C)(O)CCC[C@@H](C)[C@H]1CC[C@H]2[C@@H]3CC=C4C[C@@](C)(O)CC[C@]4(C)[C@H]3CC[C@]12C. The lowest BCUT2D eigenvalue weighted by Crippen LogP contribution is -2.52. The summed E-state index contributed by atoms with van der Waals surface area (Å²) in [6.45, 7) is 13.8. The highest BCUT2D eigenvalue weighted by atomic mass is 16.3. The highest BCUT2D eigenvalue weighted by Gasteiger charge is 2.59. The third-order valence-corrected chi connectivity index (χ3v) is 11.3. The van der Waals surface area contributed by atoms with Gasteiger partial charge in [0.2, 0.25) is 0 Å². The summed E-state index contributed by atoms with van der Waals surface area (Å²) in [6, 6.07) is 0. The predicted molar refractivity (Wildman–Crippen MR) is 130 cm³/mol. The molecule has 178 valence electrons. The van der Waals surface area contributed by atoms with Crippen molar-refractivity contribution in [2.45, 2.75) is 130 Å². The van der Waals surface area contributed by atoms with Crippen molar-refractivity contribution in [3.05, 3.63) is 11.6 Å². The van der Waals surface area contributed by atoms with Gasteiger partial charge in [-0.05, 0) is 118 Å². The highest BCUT2D eigenvalue weighted by molar-refractivity contribution is 5.26. The molecule has 4 rings (SSSR count). The Balaban J connectivity index is 1.46. The van der Waals surface area contributed by atoms with Gasteiger partial charge in [0.1, 0.15) is 0 Å². The van der Waals surface area contributed by atoms with Crippen molar-refractivity contribution in [1.29, 1.82) is 0 Å². The lowest BCUT2D eigenvalue weighted by atomic mass is 9.46. The summed E-state index contributed by atoms with van der Waals surface area (Å²) in [6.07, 6.45) is 16.7. The summed E-state index contributed by atoms with van der Waals surface area (Å²) < 4.78 is 0. The van der Waals surface area contributed by atoms with E-state index in [4.69, 9.17) is 0 Å². The molecule has 3 fully saturated rings. The Bertz CT molecular complexity index is 691. The molecule has 31 heavy (non-hydrogen) atoms. The van der Waals surface area contributed by atoms with Gasteiger partial charge in [0, 0.05) is 0 Å². The molecular formula is C29H50O2. The summed E-state index contributed by atoms with van der Waals surface area (Å²) in [7, 11) is 0. The number of hydrogen-bond donors (Lipinski definition) is 2. The molecule has 3 saturated carbocycles. The average Bonchev–Trinajstić information content (AvgIpc) is 3.05. The largest absolute Gasteiger partial charge is 0.390 e. The van der Waals surface area contributed by atoms with Crippen LogP contribution in [0.15, 0.2) is 11.6 Å². The minimum atomic E-state index is -0.488. The third kappa shape index (κ3) is 4.18. The van der Waals surface area contributed by atoms with Gasteiger partial charge in [-0.25, -0.2) is 0 Å². The summed E-state index contributed by atoms with van der Waals surface area (Å²) in [4.78, 5) is 0. The van der Waals surface area contributed by atoms with E-state index in [0.29, 0.717) is 10.8 Å². The van der Waals surface area contributed by atoms with Gasteiger partial charge in [-0.15, -0.1) is 0 Å². The first-order valence-corrected chi connectivity index (χ1v) is 13.6. The standard InChI is InChI=1S/C29H50O2/c1-7-26(3,30)15-8-9-20(2)23-12-13-24-22-11-10-21-19-27(4,31)17-18-28(21,5)25(22)14-16-29(23,24)6/h10,20,22-25,30-31H,7-9,11-19H2,1-6H3/t20-,22+,23-,24+,25+,26+,27+,28+,29-/m1/s1. The zero-order valence-electron chi connectivity index (χ0n) is 21.3. The van der Waals surface area contributed by atoms with Crippen molar-refractivity contribution in [2.24, 2.45) is 40.4 Å². The Morgan fingerprint density at radius 3 is 2.55 bits per heavy atom. The van der Waals surface area contributed by atoms with Gasteiger partial charge in [0.15, 0.2) is 0 Å². The van der Waals surface area contributed by atoms with Crippen molar-refractivity contribution in [3.8, 4) is 0 Å². The maximum Gasteiger partial charge on any atom is 0.0657 e. The minimum absolute atomic E-state index is 0.335. The molecule has 0 aliphatic heterocycles. The van der Waals surface area contributed by atoms with E-state index in [0.717, 1.165) is 61.7 Å². The molecule has 0 aromatic rings. The second-order valence-corrected chi connectivity index (χ2v) is 13.4. The Morgan fingerprint density at radius 2 is 1.84 bits per heavy atom. The molecule has 2 nitrogen and oxygen atoms in total. The van der Waals surface area contributed by atoms with Crippen LogP contribution in [-0.2, 0) is 0 Å². The molecule has 0 amide bonds. The van der Waals surface area contributed by atoms with E-state index in [1.54, 1.807) is 5.57 Å². The van der Waals surface area contributed by atoms with Gasteiger partial charge in [-0.1, -0.05) is 52.2 Å².